The molecule has 162 valence electrons. The molecule has 2 aromatic rings. The molecule has 1 heterocycles. The first-order valence-corrected chi connectivity index (χ1v) is 10.5. The van der Waals surface area contributed by atoms with Crippen LogP contribution in [0.4, 0.5) is 4.39 Å². The van der Waals surface area contributed by atoms with Gasteiger partial charge in [0, 0.05) is 32.7 Å². The average Bonchev–Trinajstić information content (AvgIpc) is 3.18. The monoisotopic (exact) mass is 414 g/mol. The molecule has 2 aromatic carbocycles. The quantitative estimate of drug-likeness (QED) is 0.607. The summed E-state index contributed by atoms with van der Waals surface area (Å²) in [7, 11) is 0. The highest BCUT2D eigenvalue weighted by Gasteiger charge is 2.25. The van der Waals surface area contributed by atoms with Gasteiger partial charge in [-0.15, -0.1) is 0 Å². The lowest BCUT2D eigenvalue weighted by Gasteiger charge is -2.27. The summed E-state index contributed by atoms with van der Waals surface area (Å²) in [4.78, 5) is 7.79. The van der Waals surface area contributed by atoms with E-state index in [1.807, 2.05) is 30.3 Å². The van der Waals surface area contributed by atoms with Crippen molar-refractivity contribution in [3.8, 4) is 0 Å². The number of hydrogen-bond acceptors (Lipinski definition) is 5. The Labute approximate surface area is 178 Å². The normalized spacial score (nSPS) is 17.3. The Morgan fingerprint density at radius 3 is 2.57 bits per heavy atom. The Kier molecular flexibility index (Phi) is 8.37. The van der Waals surface area contributed by atoms with E-state index < -0.39 is 6.10 Å². The van der Waals surface area contributed by atoms with Crippen molar-refractivity contribution in [1.82, 2.24) is 4.90 Å². The van der Waals surface area contributed by atoms with E-state index in [1.54, 1.807) is 12.1 Å². The van der Waals surface area contributed by atoms with Crippen LogP contribution in [0.1, 0.15) is 31.4 Å². The predicted octanol–water partition coefficient (Wildman–Crippen LogP) is 3.85. The lowest BCUT2D eigenvalue weighted by molar-refractivity contribution is -0.00734. The van der Waals surface area contributed by atoms with Crippen LogP contribution in [0.15, 0.2) is 59.8 Å². The minimum atomic E-state index is -0.611. The highest BCUT2D eigenvalue weighted by atomic mass is 19.1. The molecule has 0 spiro atoms. The molecular weight excluding hydrogens is 383 g/mol. The van der Waals surface area contributed by atoms with Gasteiger partial charge in [0.1, 0.15) is 11.9 Å². The van der Waals surface area contributed by atoms with Crippen molar-refractivity contribution in [3.63, 3.8) is 0 Å². The van der Waals surface area contributed by atoms with E-state index in [2.05, 4.69) is 23.9 Å². The van der Waals surface area contributed by atoms with Crippen molar-refractivity contribution in [2.24, 2.45) is 11.1 Å². The van der Waals surface area contributed by atoms with Gasteiger partial charge in [-0.2, -0.15) is 0 Å². The van der Waals surface area contributed by atoms with Crippen molar-refractivity contribution in [2.45, 2.75) is 39.0 Å². The molecule has 0 unspecified atom stereocenters. The molecule has 0 bridgehead atoms. The lowest BCUT2D eigenvalue weighted by Crippen LogP contribution is -2.39. The second-order valence-electron chi connectivity index (χ2n) is 8.24. The van der Waals surface area contributed by atoms with Gasteiger partial charge in [-0.3, -0.25) is 4.90 Å². The zero-order chi connectivity index (χ0) is 21.3. The van der Waals surface area contributed by atoms with Crippen LogP contribution in [0.2, 0.25) is 0 Å². The Morgan fingerprint density at radius 1 is 1.13 bits per heavy atom. The van der Waals surface area contributed by atoms with Gasteiger partial charge in [0.25, 0.3) is 0 Å². The maximum atomic E-state index is 13.3. The first-order valence-electron chi connectivity index (χ1n) is 10.5. The van der Waals surface area contributed by atoms with E-state index in [9.17, 15) is 9.50 Å². The number of halogens is 1. The molecule has 3 rings (SSSR count). The zero-order valence-corrected chi connectivity index (χ0v) is 17.7. The van der Waals surface area contributed by atoms with E-state index in [-0.39, 0.29) is 18.5 Å². The van der Waals surface area contributed by atoms with Crippen LogP contribution in [0.25, 0.3) is 0 Å². The molecule has 0 amide bonds. The zero-order valence-electron chi connectivity index (χ0n) is 17.7. The van der Waals surface area contributed by atoms with Crippen LogP contribution in [-0.2, 0) is 16.1 Å². The first kappa shape index (κ1) is 22.4. The summed E-state index contributed by atoms with van der Waals surface area (Å²) in [6, 6.07) is 16.4. The Balaban J connectivity index is 1.58. The number of rotatable bonds is 11. The summed E-state index contributed by atoms with van der Waals surface area (Å²) >= 11 is 0. The molecule has 0 fully saturated rings. The molecule has 5 nitrogen and oxygen atoms in total. The summed E-state index contributed by atoms with van der Waals surface area (Å²) in [5.74, 6) is 0.167. The van der Waals surface area contributed by atoms with E-state index in [0.29, 0.717) is 38.6 Å². The molecule has 0 aromatic heterocycles. The number of ether oxygens (including phenoxy) is 1. The minimum absolute atomic E-state index is 0.0931. The van der Waals surface area contributed by atoms with Crippen molar-refractivity contribution < 1.29 is 19.1 Å². The van der Waals surface area contributed by atoms with Crippen molar-refractivity contribution in [1.29, 1.82) is 0 Å². The summed E-state index contributed by atoms with van der Waals surface area (Å²) in [5.41, 5.74) is 2.98. The summed E-state index contributed by atoms with van der Waals surface area (Å²) in [6.07, 6.45) is 0.00806. The van der Waals surface area contributed by atoms with E-state index in [1.165, 1.54) is 12.1 Å². The Hall–Kier alpha value is -2.28. The third kappa shape index (κ3) is 7.20. The maximum absolute atomic E-state index is 13.3. The summed E-state index contributed by atoms with van der Waals surface area (Å²) in [6.45, 7) is 6.70. The van der Waals surface area contributed by atoms with Gasteiger partial charge in [0.15, 0.2) is 0 Å². The smallest absolute Gasteiger partial charge is 0.145 e. The molecule has 1 N–H and O–H groups in total. The van der Waals surface area contributed by atoms with Crippen LogP contribution < -0.4 is 0 Å². The number of aliphatic hydroxyl groups is 1. The first-order chi connectivity index (χ1) is 14.5. The average molecular weight is 415 g/mol. The van der Waals surface area contributed by atoms with Crippen molar-refractivity contribution >= 4 is 5.71 Å². The van der Waals surface area contributed by atoms with E-state index >= 15 is 0 Å². The fraction of sp³-hybridized carbons (Fsp3) is 0.458. The Morgan fingerprint density at radius 2 is 1.87 bits per heavy atom. The van der Waals surface area contributed by atoms with Crippen LogP contribution in [0, 0.1) is 11.7 Å². The van der Waals surface area contributed by atoms with Gasteiger partial charge in [-0.25, -0.2) is 4.39 Å². The second-order valence-corrected chi connectivity index (χ2v) is 8.24. The molecule has 1 aliphatic rings. The molecule has 30 heavy (non-hydrogen) atoms. The molecule has 6 heteroatoms. The third-order valence-electron chi connectivity index (χ3n) is 4.85. The molecule has 0 radical (unpaired) electrons. The van der Waals surface area contributed by atoms with Crippen LogP contribution in [-0.4, -0.2) is 54.2 Å². The predicted molar refractivity (Wildman–Crippen MR) is 116 cm³/mol. The summed E-state index contributed by atoms with van der Waals surface area (Å²) < 4.78 is 18.9. The largest absolute Gasteiger partial charge is 0.390 e. The fourth-order valence-corrected chi connectivity index (χ4v) is 3.46. The maximum Gasteiger partial charge on any atom is 0.145 e. The van der Waals surface area contributed by atoms with Crippen LogP contribution in [0.5, 0.6) is 0 Å². The number of aliphatic hydroxyl groups excluding tert-OH is 1. The summed E-state index contributed by atoms with van der Waals surface area (Å²) in [5, 5.41) is 14.7. The number of oxime groups is 1. The van der Waals surface area contributed by atoms with Gasteiger partial charge in [-0.1, -0.05) is 61.5 Å². The Bertz CT molecular complexity index is 796. The SMILES string of the molecule is CC(C)COC[C@H](O)CN(Cc1ccc(F)cc1)C[C@@H]1CC(c2ccccc2)=NO1. The standard InChI is InChI=1S/C24H31FN2O3/c1-18(2)16-29-17-22(28)14-27(13-19-8-10-21(25)11-9-19)15-23-12-24(26-30-23)20-6-4-3-5-7-20/h3-11,18,22-23,28H,12-17H2,1-2H3/t22-,23+/m1/s1. The highest BCUT2D eigenvalue weighted by Crippen LogP contribution is 2.19. The lowest BCUT2D eigenvalue weighted by atomic mass is 10.0. The van der Waals surface area contributed by atoms with Gasteiger partial charge in [0.2, 0.25) is 0 Å². The molecule has 1 aliphatic heterocycles. The number of hydrogen-bond donors (Lipinski definition) is 1. The van der Waals surface area contributed by atoms with Crippen molar-refractivity contribution in [3.05, 3.63) is 71.5 Å². The third-order valence-corrected chi connectivity index (χ3v) is 4.85. The molecule has 0 saturated carbocycles. The molecule has 0 saturated heterocycles. The molecule has 0 aliphatic carbocycles. The fourth-order valence-electron chi connectivity index (χ4n) is 3.46. The number of benzene rings is 2. The van der Waals surface area contributed by atoms with Gasteiger partial charge in [0.05, 0.1) is 18.4 Å². The van der Waals surface area contributed by atoms with Crippen LogP contribution >= 0.6 is 0 Å². The van der Waals surface area contributed by atoms with Crippen LogP contribution in [0.3, 0.4) is 0 Å². The van der Waals surface area contributed by atoms with E-state index in [0.717, 1.165) is 16.8 Å². The second kappa shape index (κ2) is 11.2. The number of nitrogens with zero attached hydrogens (tertiary/aromatic N) is 2. The molecule has 2 atom stereocenters. The minimum Gasteiger partial charge on any atom is -0.390 e. The van der Waals surface area contributed by atoms with E-state index in [4.69, 9.17) is 9.57 Å². The van der Waals surface area contributed by atoms with Gasteiger partial charge in [-0.05, 0) is 29.2 Å². The van der Waals surface area contributed by atoms with Gasteiger partial charge >= 0.3 is 0 Å². The highest BCUT2D eigenvalue weighted by molar-refractivity contribution is 6.01. The van der Waals surface area contributed by atoms with Crippen molar-refractivity contribution in [2.75, 3.05) is 26.3 Å². The van der Waals surface area contributed by atoms with Gasteiger partial charge < -0.3 is 14.7 Å². The molecular formula is C24H31FN2O3. The topological polar surface area (TPSA) is 54.3 Å².